The lowest BCUT2D eigenvalue weighted by Gasteiger charge is -2.23. The highest BCUT2D eigenvalue weighted by Crippen LogP contribution is 2.38. The molecule has 0 rings (SSSR count). The van der Waals surface area contributed by atoms with Crippen molar-refractivity contribution in [1.82, 2.24) is 0 Å². The number of halogens is 9. The summed E-state index contributed by atoms with van der Waals surface area (Å²) in [7, 11) is 0. The lowest BCUT2D eigenvalue weighted by molar-refractivity contribution is -0.255. The van der Waals surface area contributed by atoms with Crippen LogP contribution in [0.15, 0.2) is 12.2 Å². The zero-order valence-electron chi connectivity index (χ0n) is 6.63. The summed E-state index contributed by atoms with van der Waals surface area (Å²) in [4.78, 5) is 0. The van der Waals surface area contributed by atoms with E-state index in [0.717, 1.165) is 0 Å². The van der Waals surface area contributed by atoms with Gasteiger partial charge in [-0.3, -0.25) is 0 Å². The fourth-order valence-electron chi connectivity index (χ4n) is 0.580. The van der Waals surface area contributed by atoms with Gasteiger partial charge in [-0.15, -0.1) is 0 Å². The third-order valence-corrected chi connectivity index (χ3v) is 1.27. The topological polar surface area (TPSA) is 0 Å². The van der Waals surface area contributed by atoms with E-state index < -0.39 is 36.6 Å². The van der Waals surface area contributed by atoms with Crippen LogP contribution in [0.2, 0.25) is 0 Å². The number of hydrogen-bond donors (Lipinski definition) is 0. The third-order valence-electron chi connectivity index (χ3n) is 1.27. The van der Waals surface area contributed by atoms with E-state index >= 15 is 0 Å². The number of rotatable bonds is 3. The lowest BCUT2D eigenvalue weighted by atomic mass is 10.1. The molecule has 0 saturated heterocycles. The molecule has 0 aliphatic heterocycles. The first-order chi connectivity index (χ1) is 6.49. The fraction of sp³-hybridized carbons (Fsp3) is 0.667. The van der Waals surface area contributed by atoms with Crippen LogP contribution in [-0.4, -0.2) is 24.4 Å². The van der Waals surface area contributed by atoms with Crippen molar-refractivity contribution in [2.75, 3.05) is 0 Å². The van der Waals surface area contributed by atoms with E-state index in [2.05, 4.69) is 0 Å². The van der Waals surface area contributed by atoms with Gasteiger partial charge in [-0.1, -0.05) is 0 Å². The summed E-state index contributed by atoms with van der Waals surface area (Å²) in [6.45, 7) is 0. The van der Waals surface area contributed by atoms with Crippen LogP contribution >= 0.6 is 0 Å². The summed E-state index contributed by atoms with van der Waals surface area (Å²) in [6.07, 6.45) is -18.9. The van der Waals surface area contributed by atoms with Gasteiger partial charge in [-0.25, -0.2) is 8.78 Å². The molecule has 15 heavy (non-hydrogen) atoms. The first-order valence-electron chi connectivity index (χ1n) is 3.25. The van der Waals surface area contributed by atoms with Gasteiger partial charge in [0.05, 0.1) is 0 Å². The van der Waals surface area contributed by atoms with Crippen LogP contribution in [0, 0.1) is 0 Å². The van der Waals surface area contributed by atoms with Gasteiger partial charge in [0.15, 0.2) is 6.17 Å². The van der Waals surface area contributed by atoms with Gasteiger partial charge < -0.3 is 0 Å². The minimum atomic E-state index is -6.02. The van der Waals surface area contributed by atoms with Gasteiger partial charge in [-0.05, 0) is 0 Å². The SMILES string of the molecule is FC(F)=CC(F)C(F)(F)C(F)C(F)(F)F. The third kappa shape index (κ3) is 3.63. The summed E-state index contributed by atoms with van der Waals surface area (Å²) in [6, 6.07) is 0. The van der Waals surface area contributed by atoms with Gasteiger partial charge in [0, 0.05) is 6.08 Å². The second kappa shape index (κ2) is 4.31. The standard InChI is InChI=1S/C6H3F9/c7-2(1-3(8)9)5(11,12)4(10)6(13,14)15/h1-2,4H. The summed E-state index contributed by atoms with van der Waals surface area (Å²) in [5, 5.41) is 0. The van der Waals surface area contributed by atoms with Crippen molar-refractivity contribution >= 4 is 0 Å². The summed E-state index contributed by atoms with van der Waals surface area (Å²) >= 11 is 0. The van der Waals surface area contributed by atoms with Crippen LogP contribution in [-0.2, 0) is 0 Å². The van der Waals surface area contributed by atoms with Gasteiger partial charge in [0.25, 0.3) is 12.3 Å². The zero-order valence-corrected chi connectivity index (χ0v) is 6.63. The molecule has 0 saturated carbocycles. The normalized spacial score (nSPS) is 17.1. The molecule has 0 aromatic heterocycles. The van der Waals surface area contributed by atoms with Crippen molar-refractivity contribution in [2.45, 2.75) is 24.4 Å². The predicted octanol–water partition coefficient (Wildman–Crippen LogP) is 3.64. The maximum atomic E-state index is 12.2. The molecule has 0 bridgehead atoms. The molecule has 0 heterocycles. The maximum absolute atomic E-state index is 12.2. The summed E-state index contributed by atoms with van der Waals surface area (Å²) in [5.74, 6) is -5.58. The summed E-state index contributed by atoms with van der Waals surface area (Å²) in [5.41, 5.74) is 0. The number of alkyl halides is 7. The number of allylic oxidation sites excluding steroid dienone is 1. The Morgan fingerprint density at radius 3 is 1.60 bits per heavy atom. The van der Waals surface area contributed by atoms with E-state index in [9.17, 15) is 39.5 Å². The molecule has 0 aliphatic rings. The Labute approximate surface area is 77.4 Å². The monoisotopic (exact) mass is 246 g/mol. The van der Waals surface area contributed by atoms with Crippen LogP contribution in [0.4, 0.5) is 39.5 Å². The van der Waals surface area contributed by atoms with E-state index in [-0.39, 0.29) is 0 Å². The van der Waals surface area contributed by atoms with Crippen molar-refractivity contribution in [3.63, 3.8) is 0 Å². The molecular weight excluding hydrogens is 243 g/mol. The van der Waals surface area contributed by atoms with Crippen LogP contribution in [0.1, 0.15) is 0 Å². The molecule has 0 spiro atoms. The minimum absolute atomic E-state index is 1.08. The zero-order chi connectivity index (χ0) is 12.4. The Bertz CT molecular complexity index is 235. The molecule has 2 unspecified atom stereocenters. The van der Waals surface area contributed by atoms with Crippen LogP contribution < -0.4 is 0 Å². The Morgan fingerprint density at radius 1 is 0.933 bits per heavy atom. The van der Waals surface area contributed by atoms with E-state index in [0.29, 0.717) is 0 Å². The van der Waals surface area contributed by atoms with Gasteiger partial charge in [0.2, 0.25) is 0 Å². The van der Waals surface area contributed by atoms with E-state index in [1.54, 1.807) is 0 Å². The lowest BCUT2D eigenvalue weighted by Crippen LogP contribution is -2.47. The number of hydrogen-bond acceptors (Lipinski definition) is 0. The molecular formula is C6H3F9. The largest absolute Gasteiger partial charge is 0.425 e. The molecule has 0 aromatic carbocycles. The smallest absolute Gasteiger partial charge is 0.236 e. The first-order valence-corrected chi connectivity index (χ1v) is 3.25. The van der Waals surface area contributed by atoms with Crippen molar-refractivity contribution in [3.8, 4) is 0 Å². The molecule has 0 aromatic rings. The molecule has 0 amide bonds. The van der Waals surface area contributed by atoms with Crippen LogP contribution in [0.5, 0.6) is 0 Å². The molecule has 0 N–H and O–H groups in total. The van der Waals surface area contributed by atoms with Crippen LogP contribution in [0.3, 0.4) is 0 Å². The second-order valence-electron chi connectivity index (χ2n) is 2.44. The average Bonchev–Trinajstić information content (AvgIpc) is 1.99. The average molecular weight is 246 g/mol. The highest BCUT2D eigenvalue weighted by Gasteiger charge is 2.60. The Morgan fingerprint density at radius 2 is 1.33 bits per heavy atom. The molecule has 0 fully saturated rings. The maximum Gasteiger partial charge on any atom is 0.425 e. The minimum Gasteiger partial charge on any atom is -0.236 e. The molecule has 2 atom stereocenters. The molecule has 0 radical (unpaired) electrons. The second-order valence-corrected chi connectivity index (χ2v) is 2.44. The van der Waals surface area contributed by atoms with Crippen molar-refractivity contribution < 1.29 is 39.5 Å². The highest BCUT2D eigenvalue weighted by atomic mass is 19.4. The molecule has 0 aliphatic carbocycles. The van der Waals surface area contributed by atoms with Crippen molar-refractivity contribution in [1.29, 1.82) is 0 Å². The van der Waals surface area contributed by atoms with E-state index in [1.807, 2.05) is 0 Å². The van der Waals surface area contributed by atoms with E-state index in [4.69, 9.17) is 0 Å². The Kier molecular flexibility index (Phi) is 4.06. The predicted molar refractivity (Wildman–Crippen MR) is 31.1 cm³/mol. The van der Waals surface area contributed by atoms with Gasteiger partial charge in [-0.2, -0.15) is 30.7 Å². The fourth-order valence-corrected chi connectivity index (χ4v) is 0.580. The van der Waals surface area contributed by atoms with Crippen LogP contribution in [0.25, 0.3) is 0 Å². The Balaban J connectivity index is 4.89. The Hall–Kier alpha value is -0.890. The van der Waals surface area contributed by atoms with E-state index in [1.165, 1.54) is 0 Å². The van der Waals surface area contributed by atoms with Crippen molar-refractivity contribution in [2.24, 2.45) is 0 Å². The summed E-state index contributed by atoms with van der Waals surface area (Å²) < 4.78 is 105. The van der Waals surface area contributed by atoms with Gasteiger partial charge >= 0.3 is 12.1 Å². The molecule has 0 nitrogen and oxygen atoms in total. The first kappa shape index (κ1) is 14.1. The highest BCUT2D eigenvalue weighted by molar-refractivity contribution is 5.01. The van der Waals surface area contributed by atoms with Crippen molar-refractivity contribution in [3.05, 3.63) is 12.2 Å². The molecule has 90 valence electrons. The molecule has 9 heteroatoms. The van der Waals surface area contributed by atoms with Gasteiger partial charge in [0.1, 0.15) is 0 Å². The quantitative estimate of drug-likeness (QED) is 0.667.